The van der Waals surface area contributed by atoms with Crippen molar-refractivity contribution < 1.29 is 9.72 Å². The summed E-state index contributed by atoms with van der Waals surface area (Å²) in [5, 5.41) is 16.5. The van der Waals surface area contributed by atoms with Crippen molar-refractivity contribution >= 4 is 46.6 Å². The van der Waals surface area contributed by atoms with E-state index in [0.29, 0.717) is 48.5 Å². The molecule has 1 saturated heterocycles. The summed E-state index contributed by atoms with van der Waals surface area (Å²) in [5.74, 6) is -0.0933. The maximum absolute atomic E-state index is 12.7. The number of carbonyl (C=O) groups is 1. The lowest BCUT2D eigenvalue weighted by molar-refractivity contribution is -0.384. The molecule has 1 fully saturated rings. The molecule has 8 nitrogen and oxygen atoms in total. The number of aromatic nitrogens is 2. The lowest BCUT2D eigenvalue weighted by atomic mass is 10.2. The number of nitro benzene ring substituents is 1. The van der Waals surface area contributed by atoms with E-state index >= 15 is 0 Å². The molecular formula is C24H23Cl2N5O3. The second-order valence-electron chi connectivity index (χ2n) is 7.99. The number of non-ortho nitro benzene ring substituents is 1. The van der Waals surface area contributed by atoms with Crippen LogP contribution < -0.4 is 4.90 Å². The van der Waals surface area contributed by atoms with E-state index in [1.165, 1.54) is 18.2 Å². The Bertz CT molecular complexity index is 1210. The van der Waals surface area contributed by atoms with Gasteiger partial charge in [-0.1, -0.05) is 35.3 Å². The van der Waals surface area contributed by atoms with E-state index in [1.54, 1.807) is 27.8 Å². The van der Waals surface area contributed by atoms with Crippen molar-refractivity contribution in [2.75, 3.05) is 31.1 Å². The molecule has 1 aromatic heterocycles. The van der Waals surface area contributed by atoms with Crippen LogP contribution in [-0.2, 0) is 11.3 Å². The van der Waals surface area contributed by atoms with Gasteiger partial charge >= 0.3 is 0 Å². The van der Waals surface area contributed by atoms with Crippen LogP contribution in [0.4, 0.5) is 11.4 Å². The number of benzene rings is 2. The number of hydrogen-bond donors (Lipinski definition) is 0. The van der Waals surface area contributed by atoms with Crippen molar-refractivity contribution in [3.8, 4) is 0 Å². The van der Waals surface area contributed by atoms with Gasteiger partial charge < -0.3 is 9.80 Å². The first kappa shape index (κ1) is 23.8. The largest absolute Gasteiger partial charge is 0.368 e. The molecule has 1 aliphatic heterocycles. The standard InChI is InChI=1S/C24H23Cl2N5O3/c1-17-22(24(26)30(27-17)16-18-2-4-19(25)5-3-18)10-11-23(32)29-14-12-28(13-15-29)20-6-8-21(9-7-20)31(33)34/h2-11H,12-16H2,1H3. The van der Waals surface area contributed by atoms with Gasteiger partial charge in [0.25, 0.3) is 5.69 Å². The highest BCUT2D eigenvalue weighted by molar-refractivity contribution is 6.31. The fourth-order valence-corrected chi connectivity index (χ4v) is 4.28. The van der Waals surface area contributed by atoms with E-state index in [-0.39, 0.29) is 11.6 Å². The molecule has 0 bridgehead atoms. The molecule has 2 heterocycles. The molecule has 0 atom stereocenters. The summed E-state index contributed by atoms with van der Waals surface area (Å²) in [6.07, 6.45) is 3.25. The third-order valence-electron chi connectivity index (χ3n) is 5.76. The Morgan fingerprint density at radius 2 is 1.71 bits per heavy atom. The summed E-state index contributed by atoms with van der Waals surface area (Å²) < 4.78 is 1.70. The van der Waals surface area contributed by atoms with Gasteiger partial charge in [-0.3, -0.25) is 14.9 Å². The molecule has 10 heteroatoms. The molecule has 1 amide bonds. The Balaban J connectivity index is 1.36. The van der Waals surface area contributed by atoms with Gasteiger partial charge in [0.05, 0.1) is 17.2 Å². The fraction of sp³-hybridized carbons (Fsp3) is 0.250. The van der Waals surface area contributed by atoms with Crippen molar-refractivity contribution in [2.45, 2.75) is 13.5 Å². The second-order valence-corrected chi connectivity index (χ2v) is 8.79. The van der Waals surface area contributed by atoms with Crippen LogP contribution in [0.1, 0.15) is 16.8 Å². The van der Waals surface area contributed by atoms with Crippen LogP contribution in [0.2, 0.25) is 10.2 Å². The Hall–Kier alpha value is -3.36. The average Bonchev–Trinajstić information content (AvgIpc) is 3.11. The molecule has 34 heavy (non-hydrogen) atoms. The molecule has 1 aliphatic rings. The predicted molar refractivity (Wildman–Crippen MR) is 133 cm³/mol. The molecule has 0 saturated carbocycles. The number of rotatable bonds is 6. The highest BCUT2D eigenvalue weighted by Crippen LogP contribution is 2.24. The Labute approximate surface area is 207 Å². The molecule has 176 valence electrons. The van der Waals surface area contributed by atoms with E-state index in [0.717, 1.165) is 16.9 Å². The first-order valence-corrected chi connectivity index (χ1v) is 11.5. The first-order valence-electron chi connectivity index (χ1n) is 10.8. The van der Waals surface area contributed by atoms with Crippen LogP contribution in [0.15, 0.2) is 54.6 Å². The summed E-state index contributed by atoms with van der Waals surface area (Å²) in [4.78, 5) is 27.1. The van der Waals surface area contributed by atoms with Crippen LogP contribution in [0, 0.1) is 17.0 Å². The molecule has 2 aromatic carbocycles. The van der Waals surface area contributed by atoms with Gasteiger partial charge in [0, 0.05) is 60.7 Å². The molecule has 0 unspecified atom stereocenters. The lowest BCUT2D eigenvalue weighted by Gasteiger charge is -2.35. The third-order valence-corrected chi connectivity index (χ3v) is 6.42. The van der Waals surface area contributed by atoms with Gasteiger partial charge in [0.2, 0.25) is 5.91 Å². The van der Waals surface area contributed by atoms with Crippen LogP contribution in [0.5, 0.6) is 0 Å². The summed E-state index contributed by atoms with van der Waals surface area (Å²) in [6, 6.07) is 14.0. The number of nitro groups is 1. The van der Waals surface area contributed by atoms with Crippen molar-refractivity contribution in [2.24, 2.45) is 0 Å². The molecule has 0 radical (unpaired) electrons. The topological polar surface area (TPSA) is 84.5 Å². The van der Waals surface area contributed by atoms with E-state index in [2.05, 4.69) is 10.00 Å². The molecular weight excluding hydrogens is 477 g/mol. The smallest absolute Gasteiger partial charge is 0.269 e. The van der Waals surface area contributed by atoms with E-state index in [4.69, 9.17) is 23.2 Å². The van der Waals surface area contributed by atoms with Crippen LogP contribution in [0.3, 0.4) is 0 Å². The average molecular weight is 500 g/mol. The number of anilines is 1. The van der Waals surface area contributed by atoms with Gasteiger partial charge in [-0.2, -0.15) is 5.10 Å². The quantitative estimate of drug-likeness (QED) is 0.275. The lowest BCUT2D eigenvalue weighted by Crippen LogP contribution is -2.48. The minimum atomic E-state index is -0.415. The zero-order chi connectivity index (χ0) is 24.2. The van der Waals surface area contributed by atoms with Gasteiger partial charge in [-0.15, -0.1) is 0 Å². The normalized spacial score (nSPS) is 14.1. The van der Waals surface area contributed by atoms with E-state index in [9.17, 15) is 14.9 Å². The summed E-state index contributed by atoms with van der Waals surface area (Å²) in [6.45, 7) is 4.78. The van der Waals surface area contributed by atoms with E-state index in [1.807, 2.05) is 31.2 Å². The number of carbonyl (C=O) groups excluding carboxylic acids is 1. The number of piperazine rings is 1. The number of nitrogens with zero attached hydrogens (tertiary/aromatic N) is 5. The van der Waals surface area contributed by atoms with Crippen LogP contribution in [0.25, 0.3) is 6.08 Å². The minimum Gasteiger partial charge on any atom is -0.368 e. The third kappa shape index (κ3) is 5.40. The molecule has 0 N–H and O–H groups in total. The zero-order valence-electron chi connectivity index (χ0n) is 18.5. The van der Waals surface area contributed by atoms with Gasteiger partial charge in [-0.25, -0.2) is 4.68 Å². The SMILES string of the molecule is Cc1nn(Cc2ccc(Cl)cc2)c(Cl)c1C=CC(=O)N1CCN(c2ccc([N+](=O)[O-])cc2)CC1. The maximum atomic E-state index is 12.7. The van der Waals surface area contributed by atoms with E-state index < -0.39 is 4.92 Å². The fourth-order valence-electron chi connectivity index (χ4n) is 3.85. The summed E-state index contributed by atoms with van der Waals surface area (Å²) in [5.41, 5.74) is 3.45. The maximum Gasteiger partial charge on any atom is 0.269 e. The highest BCUT2D eigenvalue weighted by Gasteiger charge is 2.21. The van der Waals surface area contributed by atoms with Crippen molar-refractivity contribution in [3.63, 3.8) is 0 Å². The minimum absolute atomic E-state index is 0.0631. The van der Waals surface area contributed by atoms with Crippen LogP contribution in [-0.4, -0.2) is 51.7 Å². The van der Waals surface area contributed by atoms with Crippen molar-refractivity contribution in [3.05, 3.63) is 91.7 Å². The Morgan fingerprint density at radius 3 is 2.32 bits per heavy atom. The van der Waals surface area contributed by atoms with Crippen LogP contribution >= 0.6 is 23.2 Å². The molecule has 3 aromatic rings. The van der Waals surface area contributed by atoms with Gasteiger partial charge in [-0.05, 0) is 42.8 Å². The molecule has 0 spiro atoms. The Kier molecular flexibility index (Phi) is 7.19. The number of halogens is 2. The second kappa shape index (κ2) is 10.3. The number of amides is 1. The molecule has 4 rings (SSSR count). The monoisotopic (exact) mass is 499 g/mol. The van der Waals surface area contributed by atoms with Crippen molar-refractivity contribution in [1.29, 1.82) is 0 Å². The number of hydrogen-bond acceptors (Lipinski definition) is 5. The highest BCUT2D eigenvalue weighted by atomic mass is 35.5. The summed E-state index contributed by atoms with van der Waals surface area (Å²) in [7, 11) is 0. The molecule has 0 aliphatic carbocycles. The van der Waals surface area contributed by atoms with Gasteiger partial charge in [0.1, 0.15) is 5.15 Å². The summed E-state index contributed by atoms with van der Waals surface area (Å²) >= 11 is 12.5. The predicted octanol–water partition coefficient (Wildman–Crippen LogP) is 4.82. The first-order chi connectivity index (χ1) is 16.3. The number of aryl methyl sites for hydroxylation is 1. The Morgan fingerprint density at radius 1 is 1.06 bits per heavy atom. The van der Waals surface area contributed by atoms with Crippen molar-refractivity contribution in [1.82, 2.24) is 14.7 Å². The van der Waals surface area contributed by atoms with Gasteiger partial charge in [0.15, 0.2) is 0 Å². The zero-order valence-corrected chi connectivity index (χ0v) is 20.0.